The molecule has 0 N–H and O–H groups in total. The van der Waals surface area contributed by atoms with E-state index < -0.39 is 9.84 Å². The van der Waals surface area contributed by atoms with E-state index >= 15 is 0 Å². The predicted molar refractivity (Wildman–Crippen MR) is 99.8 cm³/mol. The molecule has 6 heteroatoms. The van der Waals surface area contributed by atoms with Crippen molar-refractivity contribution in [1.29, 1.82) is 0 Å². The minimum Gasteiger partial charge on any atom is -0.352 e. The normalized spacial score (nSPS) is 26.2. The zero-order valence-corrected chi connectivity index (χ0v) is 15.9. The van der Waals surface area contributed by atoms with Crippen LogP contribution in [0.25, 0.3) is 0 Å². The van der Waals surface area contributed by atoms with Crippen molar-refractivity contribution in [3.05, 3.63) is 29.8 Å². The zero-order valence-electron chi connectivity index (χ0n) is 14.3. The fraction of sp³-hybridized carbons (Fsp3) is 0.611. The Morgan fingerprint density at radius 1 is 1.21 bits per heavy atom. The molecule has 24 heavy (non-hydrogen) atoms. The van der Waals surface area contributed by atoms with Crippen molar-refractivity contribution in [3.63, 3.8) is 0 Å². The van der Waals surface area contributed by atoms with E-state index in [1.165, 1.54) is 24.9 Å². The van der Waals surface area contributed by atoms with Gasteiger partial charge in [-0.2, -0.15) is 11.8 Å². The maximum absolute atomic E-state index is 11.6. The third-order valence-corrected chi connectivity index (χ3v) is 7.34. The Morgan fingerprint density at radius 2 is 1.96 bits per heavy atom. The topological polar surface area (TPSA) is 55.7 Å². The van der Waals surface area contributed by atoms with E-state index in [1.807, 2.05) is 23.9 Å². The van der Waals surface area contributed by atoms with Gasteiger partial charge in [0.2, 0.25) is 0 Å². The average molecular weight is 368 g/mol. The van der Waals surface area contributed by atoms with Crippen LogP contribution in [0.4, 0.5) is 0 Å². The van der Waals surface area contributed by atoms with Gasteiger partial charge in [-0.05, 0) is 62.5 Å². The number of hydrogen-bond acceptors (Lipinski definition) is 5. The molecule has 0 bridgehead atoms. The predicted octanol–water partition coefficient (Wildman–Crippen LogP) is 3.69. The third-order valence-electron chi connectivity index (χ3n) is 4.64. The SMILES string of the molecule is C[C@H](OC1CCCC(c2ccc(S(C)(=O)=O)cc2)=N1)C1CCCS1. The first kappa shape index (κ1) is 18.0. The summed E-state index contributed by atoms with van der Waals surface area (Å²) in [5.41, 5.74) is 2.02. The highest BCUT2D eigenvalue weighted by Crippen LogP contribution is 2.31. The van der Waals surface area contributed by atoms with E-state index in [-0.39, 0.29) is 12.3 Å². The Bertz CT molecular complexity index is 691. The highest BCUT2D eigenvalue weighted by molar-refractivity contribution is 8.00. The second kappa shape index (κ2) is 7.58. The number of benzene rings is 1. The highest BCUT2D eigenvalue weighted by Gasteiger charge is 2.26. The maximum Gasteiger partial charge on any atom is 0.175 e. The molecule has 0 aliphatic carbocycles. The summed E-state index contributed by atoms with van der Waals surface area (Å²) in [5.74, 6) is 1.24. The Balaban J connectivity index is 1.69. The van der Waals surface area contributed by atoms with Crippen LogP contribution in [0.15, 0.2) is 34.2 Å². The summed E-state index contributed by atoms with van der Waals surface area (Å²) in [7, 11) is -3.15. The maximum atomic E-state index is 11.6. The molecule has 2 heterocycles. The molecule has 0 amide bonds. The lowest BCUT2D eigenvalue weighted by atomic mass is 10.0. The third kappa shape index (κ3) is 4.41. The Hall–Kier alpha value is -0.850. The molecule has 1 fully saturated rings. The van der Waals surface area contributed by atoms with Gasteiger partial charge in [0.1, 0.15) is 6.23 Å². The summed E-state index contributed by atoms with van der Waals surface area (Å²) in [6, 6.07) is 7.03. The second-order valence-electron chi connectivity index (χ2n) is 6.61. The first-order valence-electron chi connectivity index (χ1n) is 8.58. The van der Waals surface area contributed by atoms with E-state index in [1.54, 1.807) is 12.1 Å². The van der Waals surface area contributed by atoms with Crippen molar-refractivity contribution in [1.82, 2.24) is 0 Å². The first-order chi connectivity index (χ1) is 11.4. The van der Waals surface area contributed by atoms with Crippen LogP contribution in [0, 0.1) is 0 Å². The zero-order chi connectivity index (χ0) is 17.2. The van der Waals surface area contributed by atoms with E-state index in [2.05, 4.69) is 6.92 Å². The summed E-state index contributed by atoms with van der Waals surface area (Å²) in [5, 5.41) is 0.597. The van der Waals surface area contributed by atoms with Crippen molar-refractivity contribution in [2.75, 3.05) is 12.0 Å². The number of hydrogen-bond donors (Lipinski definition) is 0. The lowest BCUT2D eigenvalue weighted by Crippen LogP contribution is -2.29. The summed E-state index contributed by atoms with van der Waals surface area (Å²) in [4.78, 5) is 5.14. The van der Waals surface area contributed by atoms with Gasteiger partial charge < -0.3 is 4.74 Å². The van der Waals surface area contributed by atoms with Crippen LogP contribution in [0.2, 0.25) is 0 Å². The quantitative estimate of drug-likeness (QED) is 0.796. The van der Waals surface area contributed by atoms with Gasteiger partial charge in [0, 0.05) is 17.2 Å². The molecule has 0 radical (unpaired) electrons. The van der Waals surface area contributed by atoms with Crippen molar-refractivity contribution < 1.29 is 13.2 Å². The van der Waals surface area contributed by atoms with Crippen molar-refractivity contribution in [3.8, 4) is 0 Å². The minimum atomic E-state index is -3.15. The number of rotatable bonds is 5. The number of sulfone groups is 1. The van der Waals surface area contributed by atoms with Crippen molar-refractivity contribution in [2.24, 2.45) is 4.99 Å². The minimum absolute atomic E-state index is 0.0699. The number of nitrogens with zero attached hydrogens (tertiary/aromatic N) is 1. The lowest BCUT2D eigenvalue weighted by molar-refractivity contribution is -0.00504. The van der Waals surface area contributed by atoms with Crippen LogP contribution in [0.1, 0.15) is 44.6 Å². The molecule has 1 aromatic carbocycles. The van der Waals surface area contributed by atoms with Gasteiger partial charge in [-0.15, -0.1) is 0 Å². The molecule has 2 unspecified atom stereocenters. The fourth-order valence-corrected chi connectivity index (χ4v) is 5.20. The van der Waals surface area contributed by atoms with Crippen LogP contribution in [0.5, 0.6) is 0 Å². The van der Waals surface area contributed by atoms with Gasteiger partial charge in [-0.25, -0.2) is 8.42 Å². The van der Waals surface area contributed by atoms with Crippen molar-refractivity contribution >= 4 is 27.3 Å². The smallest absolute Gasteiger partial charge is 0.175 e. The van der Waals surface area contributed by atoms with Gasteiger partial charge in [0.15, 0.2) is 9.84 Å². The molecule has 2 aliphatic heterocycles. The number of ether oxygens (including phenoxy) is 1. The standard InChI is InChI=1S/C18H25NO3S2/c1-13(17-6-4-12-23-17)22-18-7-3-5-16(19-18)14-8-10-15(11-9-14)24(2,20)21/h8-11,13,17-18H,3-7,12H2,1-2H3/t13-,17?,18?/m0/s1. The summed E-state index contributed by atoms with van der Waals surface area (Å²) in [6.07, 6.45) is 6.86. The van der Waals surface area contributed by atoms with Gasteiger partial charge in [-0.3, -0.25) is 4.99 Å². The number of aliphatic imine (C=N–C) groups is 1. The second-order valence-corrected chi connectivity index (χ2v) is 9.97. The Morgan fingerprint density at radius 3 is 2.58 bits per heavy atom. The average Bonchev–Trinajstić information content (AvgIpc) is 3.09. The molecule has 0 aromatic heterocycles. The molecule has 1 saturated heterocycles. The largest absolute Gasteiger partial charge is 0.352 e. The van der Waals surface area contributed by atoms with Gasteiger partial charge >= 0.3 is 0 Å². The van der Waals surface area contributed by atoms with Crippen LogP contribution in [-0.2, 0) is 14.6 Å². The monoisotopic (exact) mass is 367 g/mol. The van der Waals surface area contributed by atoms with Crippen LogP contribution in [-0.4, -0.2) is 43.7 Å². The Labute approximate surface area is 149 Å². The van der Waals surface area contributed by atoms with Gasteiger partial charge in [0.05, 0.1) is 11.0 Å². The molecular weight excluding hydrogens is 342 g/mol. The molecular formula is C18H25NO3S2. The molecule has 2 aliphatic rings. The van der Waals surface area contributed by atoms with E-state index in [4.69, 9.17) is 9.73 Å². The lowest BCUT2D eigenvalue weighted by Gasteiger charge is -2.27. The Kier molecular flexibility index (Phi) is 5.67. The summed E-state index contributed by atoms with van der Waals surface area (Å²) >= 11 is 2.01. The molecule has 3 rings (SSSR count). The molecule has 0 saturated carbocycles. The highest BCUT2D eigenvalue weighted by atomic mass is 32.2. The van der Waals surface area contributed by atoms with Crippen molar-refractivity contribution in [2.45, 2.75) is 61.5 Å². The molecule has 3 atom stereocenters. The number of thioether (sulfide) groups is 1. The van der Waals surface area contributed by atoms with Gasteiger partial charge in [0.25, 0.3) is 0 Å². The van der Waals surface area contributed by atoms with Crippen LogP contribution in [0.3, 0.4) is 0 Å². The van der Waals surface area contributed by atoms with Gasteiger partial charge in [-0.1, -0.05) is 12.1 Å². The van der Waals surface area contributed by atoms with Crippen LogP contribution < -0.4 is 0 Å². The van der Waals surface area contributed by atoms with E-state index in [9.17, 15) is 8.42 Å². The van der Waals surface area contributed by atoms with E-state index in [0.29, 0.717) is 10.1 Å². The summed E-state index contributed by atoms with van der Waals surface area (Å²) in [6.45, 7) is 2.16. The fourth-order valence-electron chi connectivity index (χ4n) is 3.27. The first-order valence-corrected chi connectivity index (χ1v) is 11.5. The molecule has 132 valence electrons. The molecule has 1 aromatic rings. The van der Waals surface area contributed by atoms with E-state index in [0.717, 1.165) is 30.5 Å². The van der Waals surface area contributed by atoms with Crippen LogP contribution >= 0.6 is 11.8 Å². The molecule has 0 spiro atoms. The summed E-state index contributed by atoms with van der Waals surface area (Å²) < 4.78 is 29.3. The molecule has 4 nitrogen and oxygen atoms in total.